The highest BCUT2D eigenvalue weighted by Crippen LogP contribution is 2.30. The van der Waals surface area contributed by atoms with E-state index in [-0.39, 0.29) is 23.3 Å². The molecule has 6 nitrogen and oxygen atoms in total. The molecule has 19 heavy (non-hydrogen) atoms. The van der Waals surface area contributed by atoms with Gasteiger partial charge >= 0.3 is 11.6 Å². The smallest absolute Gasteiger partial charge is 0.331 e. The molecule has 0 amide bonds. The number of hydrogen-bond donors (Lipinski definition) is 1. The van der Waals surface area contributed by atoms with Crippen LogP contribution in [-0.4, -0.2) is 15.0 Å². The molecule has 0 saturated heterocycles. The Hall–Kier alpha value is -2.18. The Morgan fingerprint density at radius 1 is 1.37 bits per heavy atom. The summed E-state index contributed by atoms with van der Waals surface area (Å²) in [5.41, 5.74) is 0.348. The number of benzene rings is 1. The molecule has 0 unspecified atom stereocenters. The van der Waals surface area contributed by atoms with Gasteiger partial charge in [-0.2, -0.15) is 4.98 Å². The Bertz CT molecular complexity index is 618. The van der Waals surface area contributed by atoms with Crippen molar-refractivity contribution in [3.8, 4) is 11.6 Å². The molecule has 1 aromatic heterocycles. The summed E-state index contributed by atoms with van der Waals surface area (Å²) < 4.78 is 5.35. The van der Waals surface area contributed by atoms with Crippen LogP contribution in [0, 0.1) is 10.1 Å². The highest BCUT2D eigenvalue weighted by Gasteiger charge is 2.18. The first-order valence-corrected chi connectivity index (χ1v) is 5.66. The standard InChI is InChI=1S/C12H9ClN2O4/c13-11-5-4-10(15(17)18)12(14-11)19-9-3-1-2-8(6-9)7-16/h1-6,16H,7H2. The van der Waals surface area contributed by atoms with Crippen molar-refractivity contribution in [2.45, 2.75) is 6.61 Å². The van der Waals surface area contributed by atoms with E-state index in [2.05, 4.69) is 4.98 Å². The minimum Gasteiger partial charge on any atom is -0.434 e. The van der Waals surface area contributed by atoms with E-state index in [0.717, 1.165) is 0 Å². The number of rotatable bonds is 4. The summed E-state index contributed by atoms with van der Waals surface area (Å²) in [5, 5.41) is 20.0. The van der Waals surface area contributed by atoms with E-state index in [9.17, 15) is 10.1 Å². The monoisotopic (exact) mass is 280 g/mol. The lowest BCUT2D eigenvalue weighted by Crippen LogP contribution is -1.96. The molecule has 1 aromatic carbocycles. The molecule has 7 heteroatoms. The number of aliphatic hydroxyl groups is 1. The number of nitro groups is 1. The average Bonchev–Trinajstić information content (AvgIpc) is 2.38. The molecule has 0 aliphatic rings. The molecule has 1 N–H and O–H groups in total. The Labute approximate surface area is 113 Å². The third-order valence-corrected chi connectivity index (χ3v) is 2.51. The Morgan fingerprint density at radius 3 is 2.84 bits per heavy atom. The minimum atomic E-state index is -0.603. The maximum Gasteiger partial charge on any atom is 0.331 e. The molecular formula is C12H9ClN2O4. The van der Waals surface area contributed by atoms with Crippen LogP contribution in [0.1, 0.15) is 5.56 Å². The molecule has 0 aliphatic heterocycles. The topological polar surface area (TPSA) is 85.5 Å². The van der Waals surface area contributed by atoms with Crippen LogP contribution in [-0.2, 0) is 6.61 Å². The van der Waals surface area contributed by atoms with Crippen molar-refractivity contribution in [2.24, 2.45) is 0 Å². The quantitative estimate of drug-likeness (QED) is 0.529. The summed E-state index contributed by atoms with van der Waals surface area (Å²) in [6, 6.07) is 9.07. The van der Waals surface area contributed by atoms with Crippen LogP contribution in [0.2, 0.25) is 5.15 Å². The van der Waals surface area contributed by atoms with Gasteiger partial charge in [-0.05, 0) is 23.8 Å². The van der Waals surface area contributed by atoms with Gasteiger partial charge in [-0.3, -0.25) is 10.1 Å². The van der Waals surface area contributed by atoms with Gasteiger partial charge in [0.1, 0.15) is 10.9 Å². The Balaban J connectivity index is 2.36. The molecule has 2 aromatic rings. The second-order valence-electron chi connectivity index (χ2n) is 3.62. The molecule has 0 spiro atoms. The van der Waals surface area contributed by atoms with Gasteiger partial charge in [-0.25, -0.2) is 0 Å². The fourth-order valence-electron chi connectivity index (χ4n) is 1.44. The lowest BCUT2D eigenvalue weighted by Gasteiger charge is -2.06. The van der Waals surface area contributed by atoms with Crippen LogP contribution in [0.15, 0.2) is 36.4 Å². The Morgan fingerprint density at radius 2 is 2.16 bits per heavy atom. The number of pyridine rings is 1. The average molecular weight is 281 g/mol. The number of nitrogens with zero attached hydrogens (tertiary/aromatic N) is 2. The summed E-state index contributed by atoms with van der Waals surface area (Å²) in [7, 11) is 0. The molecule has 2 rings (SSSR count). The third kappa shape index (κ3) is 3.18. The first-order chi connectivity index (χ1) is 9.10. The highest BCUT2D eigenvalue weighted by molar-refractivity contribution is 6.29. The number of hydrogen-bond acceptors (Lipinski definition) is 5. The summed E-state index contributed by atoms with van der Waals surface area (Å²) in [6.45, 7) is -0.151. The number of aliphatic hydroxyl groups excluding tert-OH is 1. The van der Waals surface area contributed by atoms with Crippen molar-refractivity contribution in [1.29, 1.82) is 0 Å². The van der Waals surface area contributed by atoms with Gasteiger partial charge in [0, 0.05) is 6.07 Å². The van der Waals surface area contributed by atoms with Crippen LogP contribution in [0.4, 0.5) is 5.69 Å². The summed E-state index contributed by atoms with van der Waals surface area (Å²) in [4.78, 5) is 14.0. The van der Waals surface area contributed by atoms with Crippen molar-refractivity contribution in [3.05, 3.63) is 57.2 Å². The van der Waals surface area contributed by atoms with Crippen molar-refractivity contribution in [2.75, 3.05) is 0 Å². The van der Waals surface area contributed by atoms with Gasteiger partial charge in [-0.15, -0.1) is 0 Å². The van der Waals surface area contributed by atoms with Crippen molar-refractivity contribution in [1.82, 2.24) is 4.98 Å². The lowest BCUT2D eigenvalue weighted by molar-refractivity contribution is -0.386. The molecular weight excluding hydrogens is 272 g/mol. The van der Waals surface area contributed by atoms with Crippen LogP contribution in [0.3, 0.4) is 0 Å². The molecule has 0 aliphatic carbocycles. The van der Waals surface area contributed by atoms with E-state index in [0.29, 0.717) is 11.3 Å². The lowest BCUT2D eigenvalue weighted by atomic mass is 10.2. The zero-order valence-electron chi connectivity index (χ0n) is 9.62. The van der Waals surface area contributed by atoms with Gasteiger partial charge in [-0.1, -0.05) is 23.7 Å². The van der Waals surface area contributed by atoms with E-state index in [1.54, 1.807) is 24.3 Å². The largest absolute Gasteiger partial charge is 0.434 e. The SMILES string of the molecule is O=[N+]([O-])c1ccc(Cl)nc1Oc1cccc(CO)c1. The van der Waals surface area contributed by atoms with E-state index < -0.39 is 4.92 Å². The zero-order chi connectivity index (χ0) is 13.8. The summed E-state index contributed by atoms with van der Waals surface area (Å²) in [5.74, 6) is 0.150. The fraction of sp³-hybridized carbons (Fsp3) is 0.0833. The minimum absolute atomic E-state index is 0.0962. The van der Waals surface area contributed by atoms with Crippen molar-refractivity contribution in [3.63, 3.8) is 0 Å². The Kier molecular flexibility index (Phi) is 3.94. The first kappa shape index (κ1) is 13.3. The van der Waals surface area contributed by atoms with E-state index in [1.165, 1.54) is 12.1 Å². The molecule has 0 saturated carbocycles. The van der Waals surface area contributed by atoms with Gasteiger partial charge in [0.2, 0.25) is 0 Å². The zero-order valence-corrected chi connectivity index (χ0v) is 10.4. The third-order valence-electron chi connectivity index (χ3n) is 2.30. The maximum absolute atomic E-state index is 10.8. The second-order valence-corrected chi connectivity index (χ2v) is 4.01. The second kappa shape index (κ2) is 5.64. The molecule has 0 atom stereocenters. The predicted octanol–water partition coefficient (Wildman–Crippen LogP) is 2.93. The van der Waals surface area contributed by atoms with E-state index in [1.807, 2.05) is 0 Å². The molecule has 0 bridgehead atoms. The summed E-state index contributed by atoms with van der Waals surface area (Å²) >= 11 is 5.69. The van der Waals surface area contributed by atoms with Crippen molar-refractivity contribution >= 4 is 17.3 Å². The highest BCUT2D eigenvalue weighted by atomic mass is 35.5. The van der Waals surface area contributed by atoms with Crippen LogP contribution >= 0.6 is 11.6 Å². The van der Waals surface area contributed by atoms with Gasteiger partial charge < -0.3 is 9.84 Å². The molecule has 98 valence electrons. The fourth-order valence-corrected chi connectivity index (χ4v) is 1.58. The van der Waals surface area contributed by atoms with Crippen LogP contribution in [0.25, 0.3) is 0 Å². The maximum atomic E-state index is 10.8. The van der Waals surface area contributed by atoms with Gasteiger partial charge in [0.15, 0.2) is 0 Å². The van der Waals surface area contributed by atoms with Gasteiger partial charge in [0.05, 0.1) is 11.5 Å². The number of ether oxygens (including phenoxy) is 1. The first-order valence-electron chi connectivity index (χ1n) is 5.29. The summed E-state index contributed by atoms with van der Waals surface area (Å²) in [6.07, 6.45) is 0. The van der Waals surface area contributed by atoms with Crippen LogP contribution < -0.4 is 4.74 Å². The van der Waals surface area contributed by atoms with E-state index in [4.69, 9.17) is 21.4 Å². The molecule has 0 radical (unpaired) electrons. The molecule has 0 fully saturated rings. The van der Waals surface area contributed by atoms with Gasteiger partial charge in [0.25, 0.3) is 0 Å². The van der Waals surface area contributed by atoms with E-state index >= 15 is 0 Å². The predicted molar refractivity (Wildman–Crippen MR) is 68.3 cm³/mol. The van der Waals surface area contributed by atoms with Crippen molar-refractivity contribution < 1.29 is 14.8 Å². The van der Waals surface area contributed by atoms with Crippen LogP contribution in [0.5, 0.6) is 11.6 Å². The number of aromatic nitrogens is 1. The normalized spacial score (nSPS) is 10.2. The molecule has 1 heterocycles. The number of halogens is 1.